The summed E-state index contributed by atoms with van der Waals surface area (Å²) in [6.07, 6.45) is 4.31. The fourth-order valence-corrected chi connectivity index (χ4v) is 4.28. The van der Waals surface area contributed by atoms with Gasteiger partial charge in [-0.3, -0.25) is 9.59 Å². The number of hydrogen-bond donors (Lipinski definition) is 1. The third kappa shape index (κ3) is 5.45. The van der Waals surface area contributed by atoms with Crippen LogP contribution in [-0.4, -0.2) is 42.4 Å². The van der Waals surface area contributed by atoms with Crippen molar-refractivity contribution in [3.05, 3.63) is 84.3 Å². The first-order chi connectivity index (χ1) is 15.6. The van der Waals surface area contributed by atoms with Gasteiger partial charge in [-0.15, -0.1) is 0 Å². The number of nitrogens with zero attached hydrogens (tertiary/aromatic N) is 2. The van der Waals surface area contributed by atoms with E-state index in [-0.39, 0.29) is 17.9 Å². The highest BCUT2D eigenvalue weighted by atomic mass is 16.3. The van der Waals surface area contributed by atoms with Crippen molar-refractivity contribution in [3.63, 3.8) is 0 Å². The summed E-state index contributed by atoms with van der Waals surface area (Å²) in [6, 6.07) is 21.5. The van der Waals surface area contributed by atoms with Crippen LogP contribution in [0.15, 0.2) is 77.4 Å². The molecule has 0 aliphatic carbocycles. The van der Waals surface area contributed by atoms with E-state index in [4.69, 9.17) is 4.42 Å². The molecule has 2 amide bonds. The molecule has 0 unspecified atom stereocenters. The van der Waals surface area contributed by atoms with Gasteiger partial charge in [0.2, 0.25) is 5.91 Å². The number of carbonyl (C=O) groups excluding carboxylic acids is 2. The predicted molar refractivity (Wildman–Crippen MR) is 126 cm³/mol. The maximum atomic E-state index is 13.4. The van der Waals surface area contributed by atoms with Gasteiger partial charge in [-0.2, -0.15) is 0 Å². The van der Waals surface area contributed by atoms with E-state index < -0.39 is 0 Å². The molecule has 0 bridgehead atoms. The van der Waals surface area contributed by atoms with Gasteiger partial charge < -0.3 is 19.5 Å². The van der Waals surface area contributed by atoms with Gasteiger partial charge in [0.25, 0.3) is 5.91 Å². The van der Waals surface area contributed by atoms with Gasteiger partial charge in [0.1, 0.15) is 0 Å². The van der Waals surface area contributed by atoms with Crippen LogP contribution in [-0.2, 0) is 11.2 Å². The second kappa shape index (κ2) is 10.3. The minimum atomic E-state index is -0.155. The molecule has 2 heterocycles. The van der Waals surface area contributed by atoms with Crippen molar-refractivity contribution in [2.75, 3.05) is 29.9 Å². The third-order valence-corrected chi connectivity index (χ3v) is 5.88. The highest BCUT2D eigenvalue weighted by molar-refractivity contribution is 6.05. The quantitative estimate of drug-likeness (QED) is 0.594. The molecule has 0 radical (unpaired) electrons. The third-order valence-electron chi connectivity index (χ3n) is 5.88. The average Bonchev–Trinajstić information content (AvgIpc) is 3.34. The Morgan fingerprint density at radius 3 is 2.50 bits per heavy atom. The van der Waals surface area contributed by atoms with Gasteiger partial charge in [-0.1, -0.05) is 36.4 Å². The molecule has 166 valence electrons. The summed E-state index contributed by atoms with van der Waals surface area (Å²) in [5.74, 6) is 0.0249. The lowest BCUT2D eigenvalue weighted by atomic mass is 10.0. The average molecular weight is 432 g/mol. The predicted octanol–water partition coefficient (Wildman–Crippen LogP) is 4.59. The van der Waals surface area contributed by atoms with Gasteiger partial charge in [-0.05, 0) is 55.2 Å². The molecule has 0 spiro atoms. The molecule has 4 rings (SSSR count). The lowest BCUT2D eigenvalue weighted by molar-refractivity contribution is -0.114. The fraction of sp³-hybridized carbons (Fsp3) is 0.308. The van der Waals surface area contributed by atoms with Crippen LogP contribution in [0.3, 0.4) is 0 Å². The smallest absolute Gasteiger partial charge is 0.294 e. The van der Waals surface area contributed by atoms with Crippen LogP contribution in [0.2, 0.25) is 0 Å². The van der Waals surface area contributed by atoms with Gasteiger partial charge in [-0.25, -0.2) is 0 Å². The number of furan rings is 1. The Morgan fingerprint density at radius 1 is 1.03 bits per heavy atom. The molecular weight excluding hydrogens is 402 g/mol. The SMILES string of the molecule is CC(=O)Nc1cccc(N(C(=O)c2ccco2)C2CCN(CCc3ccccc3)CC2)c1. The van der Waals surface area contributed by atoms with Crippen molar-refractivity contribution in [1.82, 2.24) is 4.90 Å². The molecule has 32 heavy (non-hydrogen) atoms. The van der Waals surface area contributed by atoms with E-state index in [1.54, 1.807) is 12.1 Å². The molecule has 0 saturated carbocycles. The monoisotopic (exact) mass is 431 g/mol. The number of carbonyl (C=O) groups is 2. The first-order valence-electron chi connectivity index (χ1n) is 11.1. The van der Waals surface area contributed by atoms with Crippen LogP contribution in [0.5, 0.6) is 0 Å². The summed E-state index contributed by atoms with van der Waals surface area (Å²) in [5, 5.41) is 2.81. The molecular formula is C26H29N3O3. The van der Waals surface area contributed by atoms with E-state index in [1.807, 2.05) is 35.2 Å². The van der Waals surface area contributed by atoms with E-state index in [0.29, 0.717) is 11.4 Å². The van der Waals surface area contributed by atoms with Crippen molar-refractivity contribution in [1.29, 1.82) is 0 Å². The molecule has 1 aliphatic rings. The molecule has 1 aliphatic heterocycles. The Balaban J connectivity index is 1.47. The number of nitrogens with one attached hydrogen (secondary N) is 1. The summed E-state index contributed by atoms with van der Waals surface area (Å²) in [6.45, 7) is 4.36. The Labute approximate surface area is 188 Å². The largest absolute Gasteiger partial charge is 0.459 e. The number of amides is 2. The number of anilines is 2. The Morgan fingerprint density at radius 2 is 1.81 bits per heavy atom. The minimum absolute atomic E-state index is 0.0631. The van der Waals surface area contributed by atoms with E-state index in [2.05, 4.69) is 34.5 Å². The Kier molecular flexibility index (Phi) is 7.02. The number of rotatable bonds is 7. The lowest BCUT2D eigenvalue weighted by Crippen LogP contribution is -2.48. The number of likely N-dealkylation sites (tertiary alicyclic amines) is 1. The Bertz CT molecular complexity index is 1030. The van der Waals surface area contributed by atoms with E-state index >= 15 is 0 Å². The summed E-state index contributed by atoms with van der Waals surface area (Å²) in [4.78, 5) is 29.2. The van der Waals surface area contributed by atoms with E-state index in [1.165, 1.54) is 18.8 Å². The maximum Gasteiger partial charge on any atom is 0.294 e. The Hall–Kier alpha value is -3.38. The summed E-state index contributed by atoms with van der Waals surface area (Å²) < 4.78 is 5.42. The van der Waals surface area contributed by atoms with Gasteiger partial charge in [0.05, 0.1) is 6.26 Å². The highest BCUT2D eigenvalue weighted by Crippen LogP contribution is 2.28. The van der Waals surface area contributed by atoms with Crippen LogP contribution in [0, 0.1) is 0 Å². The highest BCUT2D eigenvalue weighted by Gasteiger charge is 2.31. The molecule has 1 fully saturated rings. The lowest BCUT2D eigenvalue weighted by Gasteiger charge is -2.38. The second-order valence-corrected chi connectivity index (χ2v) is 8.19. The van der Waals surface area contributed by atoms with Crippen LogP contribution >= 0.6 is 0 Å². The zero-order chi connectivity index (χ0) is 22.3. The standard InChI is InChI=1S/C26H29N3O3/c1-20(30)27-22-9-5-10-24(19-22)29(26(31)25-11-6-18-32-25)23-13-16-28(17-14-23)15-12-21-7-3-2-4-8-21/h2-11,18-19,23H,12-17H2,1H3,(H,27,30). The molecule has 6 nitrogen and oxygen atoms in total. The zero-order valence-electron chi connectivity index (χ0n) is 18.4. The number of piperidine rings is 1. The van der Waals surface area contributed by atoms with Crippen LogP contribution in [0.25, 0.3) is 0 Å². The van der Waals surface area contributed by atoms with Crippen LogP contribution in [0.4, 0.5) is 11.4 Å². The number of hydrogen-bond acceptors (Lipinski definition) is 4. The molecule has 6 heteroatoms. The maximum absolute atomic E-state index is 13.4. The normalized spacial score (nSPS) is 14.8. The van der Waals surface area contributed by atoms with E-state index in [9.17, 15) is 9.59 Å². The molecule has 1 N–H and O–H groups in total. The summed E-state index contributed by atoms with van der Waals surface area (Å²) in [7, 11) is 0. The number of benzene rings is 2. The second-order valence-electron chi connectivity index (χ2n) is 8.19. The summed E-state index contributed by atoms with van der Waals surface area (Å²) in [5.41, 5.74) is 2.78. The van der Waals surface area contributed by atoms with Crippen LogP contribution < -0.4 is 10.2 Å². The van der Waals surface area contributed by atoms with Crippen LogP contribution in [0.1, 0.15) is 35.9 Å². The molecule has 0 atom stereocenters. The van der Waals surface area contributed by atoms with Crippen molar-refractivity contribution >= 4 is 23.2 Å². The molecule has 1 saturated heterocycles. The van der Waals surface area contributed by atoms with Crippen molar-refractivity contribution in [3.8, 4) is 0 Å². The minimum Gasteiger partial charge on any atom is -0.459 e. The topological polar surface area (TPSA) is 65.8 Å². The van der Waals surface area contributed by atoms with E-state index in [0.717, 1.165) is 44.6 Å². The van der Waals surface area contributed by atoms with Gasteiger partial charge in [0.15, 0.2) is 5.76 Å². The van der Waals surface area contributed by atoms with Gasteiger partial charge in [0, 0.05) is 44.0 Å². The zero-order valence-corrected chi connectivity index (χ0v) is 18.4. The van der Waals surface area contributed by atoms with Crippen molar-refractivity contribution < 1.29 is 14.0 Å². The first kappa shape index (κ1) is 21.8. The molecule has 2 aromatic carbocycles. The summed E-state index contributed by atoms with van der Waals surface area (Å²) >= 11 is 0. The van der Waals surface area contributed by atoms with Crippen molar-refractivity contribution in [2.24, 2.45) is 0 Å². The first-order valence-corrected chi connectivity index (χ1v) is 11.1. The molecule has 3 aromatic rings. The van der Waals surface area contributed by atoms with Gasteiger partial charge >= 0.3 is 0 Å². The molecule has 1 aromatic heterocycles. The fourth-order valence-electron chi connectivity index (χ4n) is 4.28. The van der Waals surface area contributed by atoms with Crippen molar-refractivity contribution in [2.45, 2.75) is 32.2 Å².